The first-order chi connectivity index (χ1) is 9.06. The molecule has 1 amide bonds. The quantitative estimate of drug-likeness (QED) is 0.656. The van der Waals surface area contributed by atoms with E-state index in [0.717, 1.165) is 20.6 Å². The fourth-order valence-electron chi connectivity index (χ4n) is 1.64. The Kier molecular flexibility index (Phi) is 4.39. The third-order valence-electron chi connectivity index (χ3n) is 2.50. The van der Waals surface area contributed by atoms with Crippen molar-refractivity contribution < 1.29 is 4.79 Å². The van der Waals surface area contributed by atoms with Gasteiger partial charge >= 0.3 is 0 Å². The van der Waals surface area contributed by atoms with E-state index in [1.807, 2.05) is 30.5 Å². The normalized spacial score (nSPS) is 10.8. The van der Waals surface area contributed by atoms with Gasteiger partial charge in [0.15, 0.2) is 0 Å². The van der Waals surface area contributed by atoms with Gasteiger partial charge in [0.1, 0.15) is 0 Å². The van der Waals surface area contributed by atoms with Crippen LogP contribution in [-0.4, -0.2) is 5.91 Å². The van der Waals surface area contributed by atoms with Crippen molar-refractivity contribution in [2.75, 3.05) is 11.1 Å². The molecule has 3 N–H and O–H groups in total. The van der Waals surface area contributed by atoms with Gasteiger partial charge in [-0.3, -0.25) is 4.79 Å². The number of carbonyl (C=O) groups excluding carboxylic acids is 1. The van der Waals surface area contributed by atoms with Crippen LogP contribution < -0.4 is 11.1 Å². The Labute approximate surface area is 124 Å². The number of benzene rings is 1. The van der Waals surface area contributed by atoms with Gasteiger partial charge in [-0.15, -0.1) is 11.3 Å². The van der Waals surface area contributed by atoms with Gasteiger partial charge in [0.05, 0.1) is 5.69 Å². The number of amides is 1. The molecule has 0 bridgehead atoms. The van der Waals surface area contributed by atoms with Crippen LogP contribution in [0.2, 0.25) is 0 Å². The number of nitrogens with one attached hydrogen (secondary N) is 1. The number of carbonyl (C=O) groups is 1. The van der Waals surface area contributed by atoms with Crippen LogP contribution in [0.25, 0.3) is 6.08 Å². The maximum absolute atomic E-state index is 11.9. The van der Waals surface area contributed by atoms with Crippen molar-refractivity contribution in [2.24, 2.45) is 0 Å². The second kappa shape index (κ2) is 6.04. The minimum atomic E-state index is -0.165. The van der Waals surface area contributed by atoms with Crippen LogP contribution in [0.1, 0.15) is 10.4 Å². The van der Waals surface area contributed by atoms with Gasteiger partial charge in [-0.2, -0.15) is 0 Å². The number of hydrogen-bond acceptors (Lipinski definition) is 3. The molecule has 0 aliphatic rings. The highest BCUT2D eigenvalue weighted by Crippen LogP contribution is 2.29. The van der Waals surface area contributed by atoms with Crippen LogP contribution in [-0.2, 0) is 4.79 Å². The molecule has 0 saturated carbocycles. The van der Waals surface area contributed by atoms with E-state index in [-0.39, 0.29) is 5.91 Å². The van der Waals surface area contributed by atoms with E-state index in [9.17, 15) is 4.79 Å². The summed E-state index contributed by atoms with van der Waals surface area (Å²) in [6.07, 6.45) is 3.31. The second-order valence-electron chi connectivity index (χ2n) is 4.03. The maximum Gasteiger partial charge on any atom is 0.248 e. The van der Waals surface area contributed by atoms with E-state index in [1.54, 1.807) is 23.5 Å². The average molecular weight is 337 g/mol. The van der Waals surface area contributed by atoms with E-state index in [1.165, 1.54) is 6.08 Å². The molecule has 3 nitrogen and oxygen atoms in total. The summed E-state index contributed by atoms with van der Waals surface area (Å²) in [5.74, 6) is -0.165. The molecule has 1 aromatic carbocycles. The van der Waals surface area contributed by atoms with Gasteiger partial charge in [0.2, 0.25) is 5.91 Å². The molecule has 0 saturated heterocycles. The predicted octanol–water partition coefficient (Wildman–Crippen LogP) is 4.05. The second-order valence-corrected chi connectivity index (χ2v) is 5.87. The lowest BCUT2D eigenvalue weighted by Gasteiger charge is -2.10. The number of nitrogen functional groups attached to an aromatic ring is 1. The zero-order chi connectivity index (χ0) is 13.8. The van der Waals surface area contributed by atoms with Crippen LogP contribution in [0.3, 0.4) is 0 Å². The molecule has 0 atom stereocenters. The Morgan fingerprint density at radius 1 is 1.47 bits per heavy atom. The van der Waals surface area contributed by atoms with Crippen LogP contribution in [0.5, 0.6) is 0 Å². The highest BCUT2D eigenvalue weighted by molar-refractivity contribution is 9.10. The monoisotopic (exact) mass is 336 g/mol. The molecule has 2 rings (SSSR count). The molecule has 0 radical (unpaired) electrons. The van der Waals surface area contributed by atoms with Crippen LogP contribution in [0, 0.1) is 6.92 Å². The minimum absolute atomic E-state index is 0.165. The zero-order valence-electron chi connectivity index (χ0n) is 10.3. The van der Waals surface area contributed by atoms with Crippen LogP contribution >= 0.6 is 27.3 Å². The Hall–Kier alpha value is -1.59. The van der Waals surface area contributed by atoms with Crippen molar-refractivity contribution in [3.8, 4) is 0 Å². The summed E-state index contributed by atoms with van der Waals surface area (Å²) in [4.78, 5) is 12.9. The number of thiophene rings is 1. The Morgan fingerprint density at radius 3 is 2.89 bits per heavy atom. The average Bonchev–Trinajstić information content (AvgIpc) is 2.84. The standard InChI is InChI=1S/C14H13BrN2OS/c1-9-7-10(16)8-12(15)14(9)17-13(18)5-4-11-3-2-6-19-11/h2-8H,16H2,1H3,(H,17,18)/b5-4+. The largest absolute Gasteiger partial charge is 0.399 e. The first-order valence-electron chi connectivity index (χ1n) is 5.64. The number of rotatable bonds is 3. The lowest BCUT2D eigenvalue weighted by molar-refractivity contribution is -0.111. The molecule has 5 heteroatoms. The van der Waals surface area contributed by atoms with Crippen LogP contribution in [0.15, 0.2) is 40.2 Å². The summed E-state index contributed by atoms with van der Waals surface area (Å²) < 4.78 is 0.780. The molecule has 0 unspecified atom stereocenters. The molecule has 0 fully saturated rings. The molecular formula is C14H13BrN2OS. The van der Waals surface area contributed by atoms with E-state index >= 15 is 0 Å². The molecule has 19 heavy (non-hydrogen) atoms. The molecule has 0 aliphatic heterocycles. The summed E-state index contributed by atoms with van der Waals surface area (Å²) in [6, 6.07) is 7.50. The van der Waals surface area contributed by atoms with Crippen LogP contribution in [0.4, 0.5) is 11.4 Å². The summed E-state index contributed by atoms with van der Waals surface area (Å²) in [6.45, 7) is 1.90. The van der Waals surface area contributed by atoms with Gasteiger partial charge in [0, 0.05) is 21.1 Å². The Bertz CT molecular complexity index is 597. The number of hydrogen-bond donors (Lipinski definition) is 2. The Morgan fingerprint density at radius 2 is 2.26 bits per heavy atom. The maximum atomic E-state index is 11.9. The van der Waals surface area contributed by atoms with Crippen molar-refractivity contribution in [1.82, 2.24) is 0 Å². The summed E-state index contributed by atoms with van der Waals surface area (Å²) >= 11 is 4.99. The third kappa shape index (κ3) is 3.68. The highest BCUT2D eigenvalue weighted by Gasteiger charge is 2.07. The lowest BCUT2D eigenvalue weighted by atomic mass is 10.2. The van der Waals surface area contributed by atoms with E-state index < -0.39 is 0 Å². The molecule has 2 aromatic rings. The van der Waals surface area contributed by atoms with Gasteiger partial charge < -0.3 is 11.1 Å². The van der Waals surface area contributed by atoms with Gasteiger partial charge in [-0.25, -0.2) is 0 Å². The zero-order valence-corrected chi connectivity index (χ0v) is 12.7. The number of nitrogens with two attached hydrogens (primary N) is 1. The topological polar surface area (TPSA) is 55.1 Å². The van der Waals surface area contributed by atoms with Gasteiger partial charge in [0.25, 0.3) is 0 Å². The molecule has 1 heterocycles. The number of aryl methyl sites for hydroxylation is 1. The van der Waals surface area contributed by atoms with Crippen molar-refractivity contribution >= 4 is 50.6 Å². The first kappa shape index (κ1) is 13.8. The molecule has 0 aliphatic carbocycles. The van der Waals surface area contributed by atoms with Crippen molar-refractivity contribution in [1.29, 1.82) is 0 Å². The van der Waals surface area contributed by atoms with E-state index in [4.69, 9.17) is 5.73 Å². The summed E-state index contributed by atoms with van der Waals surface area (Å²) in [5.41, 5.74) is 8.06. The number of anilines is 2. The predicted molar refractivity (Wildman–Crippen MR) is 85.3 cm³/mol. The van der Waals surface area contributed by atoms with Crippen molar-refractivity contribution in [2.45, 2.75) is 6.92 Å². The van der Waals surface area contributed by atoms with E-state index in [2.05, 4.69) is 21.2 Å². The number of halogens is 1. The Balaban J connectivity index is 2.11. The summed E-state index contributed by atoms with van der Waals surface area (Å²) in [7, 11) is 0. The SMILES string of the molecule is Cc1cc(N)cc(Br)c1NC(=O)/C=C/c1cccs1. The third-order valence-corrected chi connectivity index (χ3v) is 3.96. The van der Waals surface area contributed by atoms with Crippen molar-refractivity contribution in [3.05, 3.63) is 50.6 Å². The molecule has 0 spiro atoms. The fourth-order valence-corrected chi connectivity index (χ4v) is 2.93. The van der Waals surface area contributed by atoms with Crippen molar-refractivity contribution in [3.63, 3.8) is 0 Å². The highest BCUT2D eigenvalue weighted by atomic mass is 79.9. The summed E-state index contributed by atoms with van der Waals surface area (Å²) in [5, 5.41) is 4.82. The molecule has 1 aromatic heterocycles. The first-order valence-corrected chi connectivity index (χ1v) is 7.31. The minimum Gasteiger partial charge on any atom is -0.399 e. The molecular weight excluding hydrogens is 324 g/mol. The smallest absolute Gasteiger partial charge is 0.248 e. The van der Waals surface area contributed by atoms with Gasteiger partial charge in [-0.05, 0) is 58.1 Å². The lowest BCUT2D eigenvalue weighted by Crippen LogP contribution is -2.09. The van der Waals surface area contributed by atoms with Gasteiger partial charge in [-0.1, -0.05) is 6.07 Å². The molecule has 98 valence electrons. The van der Waals surface area contributed by atoms with E-state index in [0.29, 0.717) is 5.69 Å². The fraction of sp³-hybridized carbons (Fsp3) is 0.0714.